The fraction of sp³-hybridized carbons (Fsp3) is 0.333. The zero-order chi connectivity index (χ0) is 9.14. The molecule has 1 rings (SSSR count). The molecule has 0 fully saturated rings. The van der Waals surface area contributed by atoms with Crippen LogP contribution in [0.4, 0.5) is 11.4 Å². The molecule has 3 heteroatoms. The zero-order valence-electron chi connectivity index (χ0n) is 7.63. The molecule has 1 aromatic rings. The first kappa shape index (κ1) is 8.71. The van der Waals surface area contributed by atoms with Gasteiger partial charge in [-0.1, -0.05) is 0 Å². The molecule has 0 bridgehead atoms. The maximum absolute atomic E-state index is 9.23. The van der Waals surface area contributed by atoms with Crippen molar-refractivity contribution in [1.29, 1.82) is 0 Å². The van der Waals surface area contributed by atoms with Crippen LogP contribution < -0.4 is 10.2 Å². The van der Waals surface area contributed by atoms with Crippen LogP contribution in [0.15, 0.2) is 18.2 Å². The minimum absolute atomic E-state index is 0.290. The van der Waals surface area contributed by atoms with Gasteiger partial charge in [0.15, 0.2) is 0 Å². The Morgan fingerprint density at radius 3 is 2.50 bits per heavy atom. The van der Waals surface area contributed by atoms with Crippen molar-refractivity contribution in [2.75, 3.05) is 31.4 Å². The highest BCUT2D eigenvalue weighted by Gasteiger charge is 2.02. The molecule has 0 aliphatic rings. The van der Waals surface area contributed by atoms with Gasteiger partial charge in [-0.3, -0.25) is 0 Å². The van der Waals surface area contributed by atoms with E-state index in [1.807, 2.05) is 32.1 Å². The first-order valence-corrected chi connectivity index (χ1v) is 3.83. The third kappa shape index (κ3) is 1.61. The normalized spacial score (nSPS) is 9.58. The monoisotopic (exact) mass is 166 g/mol. The van der Waals surface area contributed by atoms with Crippen LogP contribution in [0, 0.1) is 0 Å². The molecule has 0 atom stereocenters. The quantitative estimate of drug-likeness (QED) is 0.653. The average molecular weight is 166 g/mol. The Balaban J connectivity index is 3.12. The highest BCUT2D eigenvalue weighted by Crippen LogP contribution is 2.27. The number of phenolic OH excluding ortho intramolecular Hbond substituents is 1. The molecule has 0 aliphatic heterocycles. The Morgan fingerprint density at radius 2 is 2.00 bits per heavy atom. The lowest BCUT2D eigenvalue weighted by Crippen LogP contribution is -2.10. The van der Waals surface area contributed by atoms with Gasteiger partial charge in [-0.25, -0.2) is 0 Å². The minimum atomic E-state index is 0.290. The molecule has 0 unspecified atom stereocenters. The van der Waals surface area contributed by atoms with Crippen molar-refractivity contribution in [3.8, 4) is 5.75 Å². The summed E-state index contributed by atoms with van der Waals surface area (Å²) < 4.78 is 0. The standard InChI is InChI=1S/C9H14N2O/c1-10-8-5-4-7(12)6-9(8)11(2)3/h4-6,10,12H,1-3H3. The summed E-state index contributed by atoms with van der Waals surface area (Å²) in [6.07, 6.45) is 0. The van der Waals surface area contributed by atoms with Gasteiger partial charge in [0.25, 0.3) is 0 Å². The molecular formula is C9H14N2O. The molecule has 1 aromatic carbocycles. The second kappa shape index (κ2) is 3.34. The van der Waals surface area contributed by atoms with Gasteiger partial charge in [0.2, 0.25) is 0 Å². The minimum Gasteiger partial charge on any atom is -0.508 e. The number of hydrogen-bond acceptors (Lipinski definition) is 3. The summed E-state index contributed by atoms with van der Waals surface area (Å²) in [4.78, 5) is 1.95. The largest absolute Gasteiger partial charge is 0.508 e. The fourth-order valence-electron chi connectivity index (χ4n) is 1.10. The van der Waals surface area contributed by atoms with Gasteiger partial charge in [0.1, 0.15) is 5.75 Å². The van der Waals surface area contributed by atoms with Crippen LogP contribution in [-0.2, 0) is 0 Å². The van der Waals surface area contributed by atoms with Crippen molar-refractivity contribution in [2.45, 2.75) is 0 Å². The third-order valence-corrected chi connectivity index (χ3v) is 1.73. The third-order valence-electron chi connectivity index (χ3n) is 1.73. The van der Waals surface area contributed by atoms with Gasteiger partial charge in [0.05, 0.1) is 11.4 Å². The van der Waals surface area contributed by atoms with Crippen molar-refractivity contribution in [2.24, 2.45) is 0 Å². The van der Waals surface area contributed by atoms with Gasteiger partial charge < -0.3 is 15.3 Å². The van der Waals surface area contributed by atoms with Gasteiger partial charge in [-0.15, -0.1) is 0 Å². The van der Waals surface area contributed by atoms with Crippen LogP contribution in [0.1, 0.15) is 0 Å². The lowest BCUT2D eigenvalue weighted by Gasteiger charge is -2.17. The number of rotatable bonds is 2. The predicted molar refractivity (Wildman–Crippen MR) is 52.0 cm³/mol. The van der Waals surface area contributed by atoms with E-state index in [-0.39, 0.29) is 5.75 Å². The van der Waals surface area contributed by atoms with Crippen LogP contribution in [0.3, 0.4) is 0 Å². The molecule has 66 valence electrons. The molecule has 2 N–H and O–H groups in total. The predicted octanol–water partition coefficient (Wildman–Crippen LogP) is 1.50. The first-order chi connectivity index (χ1) is 5.65. The Morgan fingerprint density at radius 1 is 1.33 bits per heavy atom. The average Bonchev–Trinajstić information content (AvgIpc) is 2.04. The van der Waals surface area contributed by atoms with Crippen molar-refractivity contribution in [1.82, 2.24) is 0 Å². The van der Waals surface area contributed by atoms with E-state index in [4.69, 9.17) is 0 Å². The number of phenols is 1. The zero-order valence-corrected chi connectivity index (χ0v) is 7.63. The Labute approximate surface area is 72.6 Å². The van der Waals surface area contributed by atoms with Crippen molar-refractivity contribution >= 4 is 11.4 Å². The van der Waals surface area contributed by atoms with E-state index in [0.29, 0.717) is 0 Å². The molecule has 0 heterocycles. The van der Waals surface area contributed by atoms with E-state index < -0.39 is 0 Å². The molecule has 0 aliphatic carbocycles. The highest BCUT2D eigenvalue weighted by atomic mass is 16.3. The van der Waals surface area contributed by atoms with E-state index in [9.17, 15) is 5.11 Å². The number of aromatic hydroxyl groups is 1. The van der Waals surface area contributed by atoms with Crippen LogP contribution in [0.5, 0.6) is 5.75 Å². The van der Waals surface area contributed by atoms with Crippen molar-refractivity contribution in [3.63, 3.8) is 0 Å². The second-order valence-electron chi connectivity index (χ2n) is 2.85. The van der Waals surface area contributed by atoms with Crippen LogP contribution >= 0.6 is 0 Å². The Kier molecular flexibility index (Phi) is 2.43. The molecule has 0 amide bonds. The lowest BCUT2D eigenvalue weighted by molar-refractivity contribution is 0.475. The number of anilines is 2. The maximum atomic E-state index is 9.23. The van der Waals surface area contributed by atoms with Crippen LogP contribution in [0.25, 0.3) is 0 Å². The van der Waals surface area contributed by atoms with E-state index >= 15 is 0 Å². The van der Waals surface area contributed by atoms with Gasteiger partial charge in [0, 0.05) is 27.2 Å². The Bertz CT molecular complexity index is 271. The van der Waals surface area contributed by atoms with E-state index in [2.05, 4.69) is 5.32 Å². The molecule has 0 saturated heterocycles. The topological polar surface area (TPSA) is 35.5 Å². The summed E-state index contributed by atoms with van der Waals surface area (Å²) in [7, 11) is 5.74. The van der Waals surface area contributed by atoms with Gasteiger partial charge in [-0.2, -0.15) is 0 Å². The van der Waals surface area contributed by atoms with Crippen LogP contribution in [0.2, 0.25) is 0 Å². The van der Waals surface area contributed by atoms with E-state index in [1.54, 1.807) is 12.1 Å². The molecule has 3 nitrogen and oxygen atoms in total. The van der Waals surface area contributed by atoms with Gasteiger partial charge >= 0.3 is 0 Å². The SMILES string of the molecule is CNc1ccc(O)cc1N(C)C. The summed E-state index contributed by atoms with van der Waals surface area (Å²) in [5, 5.41) is 12.3. The van der Waals surface area contributed by atoms with E-state index in [0.717, 1.165) is 11.4 Å². The van der Waals surface area contributed by atoms with Crippen LogP contribution in [-0.4, -0.2) is 26.2 Å². The van der Waals surface area contributed by atoms with Gasteiger partial charge in [-0.05, 0) is 12.1 Å². The second-order valence-corrected chi connectivity index (χ2v) is 2.85. The number of nitrogens with zero attached hydrogens (tertiary/aromatic N) is 1. The summed E-state index contributed by atoms with van der Waals surface area (Å²) in [6.45, 7) is 0. The molecule has 0 aromatic heterocycles. The summed E-state index contributed by atoms with van der Waals surface area (Å²) in [5.41, 5.74) is 2.00. The summed E-state index contributed by atoms with van der Waals surface area (Å²) in [6, 6.07) is 5.25. The molecule has 12 heavy (non-hydrogen) atoms. The highest BCUT2D eigenvalue weighted by molar-refractivity contribution is 5.71. The number of hydrogen-bond donors (Lipinski definition) is 2. The smallest absolute Gasteiger partial charge is 0.117 e. The lowest BCUT2D eigenvalue weighted by atomic mass is 10.2. The van der Waals surface area contributed by atoms with E-state index in [1.165, 1.54) is 0 Å². The fourth-order valence-corrected chi connectivity index (χ4v) is 1.10. The first-order valence-electron chi connectivity index (χ1n) is 3.83. The maximum Gasteiger partial charge on any atom is 0.117 e. The molecule has 0 radical (unpaired) electrons. The number of nitrogens with one attached hydrogen (secondary N) is 1. The van der Waals surface area contributed by atoms with Crippen molar-refractivity contribution < 1.29 is 5.11 Å². The molecular weight excluding hydrogens is 152 g/mol. The molecule has 0 saturated carbocycles. The summed E-state index contributed by atoms with van der Waals surface area (Å²) >= 11 is 0. The van der Waals surface area contributed by atoms with Crippen molar-refractivity contribution in [3.05, 3.63) is 18.2 Å². The molecule has 0 spiro atoms. The summed E-state index contributed by atoms with van der Waals surface area (Å²) in [5.74, 6) is 0.290. The number of benzene rings is 1. The Hall–Kier alpha value is -1.38.